The minimum absolute atomic E-state index is 0.196. The molecule has 1 amide bonds. The third-order valence-corrected chi connectivity index (χ3v) is 9.62. The molecule has 10 heteroatoms. The molecule has 0 unspecified atom stereocenters. The zero-order valence-corrected chi connectivity index (χ0v) is 23.9. The summed E-state index contributed by atoms with van der Waals surface area (Å²) in [6.45, 7) is 6.66. The van der Waals surface area contributed by atoms with Crippen LogP contribution in [-0.4, -0.2) is 51.9 Å². The van der Waals surface area contributed by atoms with Crippen LogP contribution in [0.5, 0.6) is 11.6 Å². The summed E-state index contributed by atoms with van der Waals surface area (Å²) in [5, 5.41) is 0. The summed E-state index contributed by atoms with van der Waals surface area (Å²) in [6, 6.07) is 21.1. The standard InChI is InChI=1S/C28H33N3O5SSi/c1-35-27-12-8-11-24(29-27)15-13-22-14-16-25(26(19-22)36-21-23-9-6-5-7-10-23)31-20-28(32)30(37(31,33)34)17-18-38(2,3)4/h5-16,19H,17-18,20-21H2,1-4H3/b15-13+. The first-order chi connectivity index (χ1) is 18.1. The predicted octanol–water partition coefficient (Wildman–Crippen LogP) is 5.07. The second-order valence-electron chi connectivity index (χ2n) is 10.2. The molecule has 0 atom stereocenters. The van der Waals surface area contributed by atoms with Gasteiger partial charge in [-0.05, 0) is 41.4 Å². The molecule has 0 bridgehead atoms. The number of methoxy groups -OCH3 is 1. The van der Waals surface area contributed by atoms with Gasteiger partial charge in [0.1, 0.15) is 18.9 Å². The van der Waals surface area contributed by atoms with E-state index in [-0.39, 0.29) is 19.7 Å². The molecule has 38 heavy (non-hydrogen) atoms. The fraction of sp³-hybridized carbons (Fsp3) is 0.286. The molecule has 0 radical (unpaired) electrons. The van der Waals surface area contributed by atoms with Gasteiger partial charge < -0.3 is 9.47 Å². The number of benzene rings is 2. The molecule has 4 rings (SSSR count). The summed E-state index contributed by atoms with van der Waals surface area (Å²) in [5.74, 6) is 0.459. The number of nitrogens with zero attached hydrogens (tertiary/aromatic N) is 3. The summed E-state index contributed by atoms with van der Waals surface area (Å²) in [7, 11) is -4.00. The monoisotopic (exact) mass is 551 g/mol. The molecule has 1 fully saturated rings. The minimum atomic E-state index is -4.02. The number of carbonyl (C=O) groups excluding carboxylic acids is 1. The Hall–Kier alpha value is -3.63. The van der Waals surface area contributed by atoms with Gasteiger partial charge in [-0.25, -0.2) is 13.6 Å². The Morgan fingerprint density at radius 3 is 2.47 bits per heavy atom. The molecule has 0 saturated carbocycles. The first kappa shape index (κ1) is 27.4. The van der Waals surface area contributed by atoms with E-state index in [4.69, 9.17) is 9.47 Å². The van der Waals surface area contributed by atoms with Gasteiger partial charge in [0.15, 0.2) is 0 Å². The first-order valence-corrected chi connectivity index (χ1v) is 17.5. The van der Waals surface area contributed by atoms with Crippen molar-refractivity contribution in [2.24, 2.45) is 0 Å². The lowest BCUT2D eigenvalue weighted by Crippen LogP contribution is -2.37. The van der Waals surface area contributed by atoms with Crippen LogP contribution < -0.4 is 13.8 Å². The second-order valence-corrected chi connectivity index (χ2v) is 17.6. The number of aromatic nitrogens is 1. The first-order valence-electron chi connectivity index (χ1n) is 12.4. The Kier molecular flexibility index (Phi) is 8.22. The lowest BCUT2D eigenvalue weighted by atomic mass is 10.1. The van der Waals surface area contributed by atoms with Crippen LogP contribution in [-0.2, 0) is 21.6 Å². The van der Waals surface area contributed by atoms with Gasteiger partial charge in [-0.1, -0.05) is 68.2 Å². The molecule has 1 aliphatic heterocycles. The van der Waals surface area contributed by atoms with E-state index in [1.54, 1.807) is 31.4 Å². The van der Waals surface area contributed by atoms with Crippen molar-refractivity contribution in [1.82, 2.24) is 9.29 Å². The fourth-order valence-corrected chi connectivity index (χ4v) is 6.53. The molecular formula is C28H33N3O5SSi. The predicted molar refractivity (Wildman–Crippen MR) is 153 cm³/mol. The lowest BCUT2D eigenvalue weighted by Gasteiger charge is -2.24. The summed E-state index contributed by atoms with van der Waals surface area (Å²) >= 11 is 0. The number of carbonyl (C=O) groups is 1. The summed E-state index contributed by atoms with van der Waals surface area (Å²) in [5.41, 5.74) is 2.78. The Balaban J connectivity index is 1.65. The lowest BCUT2D eigenvalue weighted by molar-refractivity contribution is -0.123. The van der Waals surface area contributed by atoms with Crippen molar-refractivity contribution in [3.05, 3.63) is 83.6 Å². The maximum Gasteiger partial charge on any atom is 0.329 e. The average Bonchev–Trinajstić information content (AvgIpc) is 3.12. The Labute approximate surface area is 225 Å². The smallest absolute Gasteiger partial charge is 0.329 e. The topological polar surface area (TPSA) is 89.0 Å². The number of hydrogen-bond acceptors (Lipinski definition) is 6. The molecule has 0 aliphatic carbocycles. The van der Waals surface area contributed by atoms with E-state index in [1.165, 1.54) is 0 Å². The highest BCUT2D eigenvalue weighted by molar-refractivity contribution is 7.91. The molecule has 2 heterocycles. The molecule has 1 aromatic heterocycles. The van der Waals surface area contributed by atoms with Gasteiger partial charge in [0.25, 0.3) is 5.91 Å². The van der Waals surface area contributed by atoms with Gasteiger partial charge in [-0.15, -0.1) is 0 Å². The van der Waals surface area contributed by atoms with E-state index in [9.17, 15) is 13.2 Å². The number of anilines is 1. The van der Waals surface area contributed by atoms with E-state index in [0.29, 0.717) is 29.1 Å². The highest BCUT2D eigenvalue weighted by atomic mass is 32.2. The SMILES string of the molecule is COc1cccc(/C=C/c2ccc(N3CC(=O)N(CC[Si](C)(C)C)S3(=O)=O)c(OCc3ccccc3)c2)n1. The third-order valence-electron chi connectivity index (χ3n) is 6.07. The van der Waals surface area contributed by atoms with Crippen LogP contribution in [0.3, 0.4) is 0 Å². The van der Waals surface area contributed by atoms with Crippen LogP contribution in [0.4, 0.5) is 5.69 Å². The number of ether oxygens (including phenoxy) is 2. The Bertz CT molecular complexity index is 1420. The van der Waals surface area contributed by atoms with E-state index in [2.05, 4.69) is 24.6 Å². The number of pyridine rings is 1. The maximum absolute atomic E-state index is 13.5. The van der Waals surface area contributed by atoms with Gasteiger partial charge in [0, 0.05) is 20.7 Å². The van der Waals surface area contributed by atoms with Crippen molar-refractivity contribution in [1.29, 1.82) is 0 Å². The molecule has 200 valence electrons. The number of amides is 1. The minimum Gasteiger partial charge on any atom is -0.487 e. The van der Waals surface area contributed by atoms with Crippen molar-refractivity contribution in [2.45, 2.75) is 32.3 Å². The number of hydrogen-bond donors (Lipinski definition) is 0. The maximum atomic E-state index is 13.5. The van der Waals surface area contributed by atoms with Crippen LogP contribution in [0.2, 0.25) is 25.7 Å². The quantitative estimate of drug-likeness (QED) is 0.327. The molecule has 0 N–H and O–H groups in total. The highest BCUT2D eigenvalue weighted by Crippen LogP contribution is 2.36. The molecule has 3 aromatic rings. The van der Waals surface area contributed by atoms with Crippen molar-refractivity contribution in [2.75, 3.05) is 24.5 Å². The summed E-state index contributed by atoms with van der Waals surface area (Å²) < 4.78 is 40.4. The van der Waals surface area contributed by atoms with Crippen LogP contribution >= 0.6 is 0 Å². The average molecular weight is 552 g/mol. The highest BCUT2D eigenvalue weighted by Gasteiger charge is 2.43. The van der Waals surface area contributed by atoms with Crippen LogP contribution in [0.15, 0.2) is 66.7 Å². The van der Waals surface area contributed by atoms with Gasteiger partial charge in [-0.3, -0.25) is 4.79 Å². The van der Waals surface area contributed by atoms with E-state index in [0.717, 1.165) is 19.7 Å². The number of rotatable bonds is 10. The zero-order valence-electron chi connectivity index (χ0n) is 22.1. The fourth-order valence-electron chi connectivity index (χ4n) is 3.93. The van der Waals surface area contributed by atoms with Crippen LogP contribution in [0, 0.1) is 0 Å². The molecule has 0 spiro atoms. The van der Waals surface area contributed by atoms with E-state index >= 15 is 0 Å². The van der Waals surface area contributed by atoms with Crippen molar-refractivity contribution < 1.29 is 22.7 Å². The van der Waals surface area contributed by atoms with E-state index in [1.807, 2.05) is 54.6 Å². The second kappa shape index (κ2) is 11.4. The summed E-state index contributed by atoms with van der Waals surface area (Å²) in [6.07, 6.45) is 3.71. The van der Waals surface area contributed by atoms with Crippen molar-refractivity contribution in [3.8, 4) is 11.6 Å². The molecule has 1 saturated heterocycles. The van der Waals surface area contributed by atoms with Gasteiger partial charge in [-0.2, -0.15) is 8.42 Å². The zero-order chi connectivity index (χ0) is 27.3. The normalized spacial score (nSPS) is 15.3. The van der Waals surface area contributed by atoms with Gasteiger partial charge in [0.05, 0.1) is 18.5 Å². The molecular weight excluding hydrogens is 518 g/mol. The molecule has 2 aromatic carbocycles. The molecule has 8 nitrogen and oxygen atoms in total. The summed E-state index contributed by atoms with van der Waals surface area (Å²) in [4.78, 5) is 17.2. The van der Waals surface area contributed by atoms with Gasteiger partial charge in [0.2, 0.25) is 5.88 Å². The largest absolute Gasteiger partial charge is 0.487 e. The van der Waals surface area contributed by atoms with Crippen molar-refractivity contribution >= 4 is 42.0 Å². The van der Waals surface area contributed by atoms with Crippen LogP contribution in [0.1, 0.15) is 16.8 Å². The molecule has 1 aliphatic rings. The van der Waals surface area contributed by atoms with Crippen LogP contribution in [0.25, 0.3) is 12.2 Å². The van der Waals surface area contributed by atoms with Crippen molar-refractivity contribution in [3.63, 3.8) is 0 Å². The third kappa shape index (κ3) is 6.62. The Morgan fingerprint density at radius 1 is 1.00 bits per heavy atom. The van der Waals surface area contributed by atoms with E-state index < -0.39 is 24.2 Å². The Morgan fingerprint density at radius 2 is 1.76 bits per heavy atom. The van der Waals surface area contributed by atoms with Gasteiger partial charge >= 0.3 is 10.2 Å².